The molecule has 2 N–H and O–H groups in total. The Kier molecular flexibility index (Phi) is 7.06. The van der Waals surface area contributed by atoms with Gasteiger partial charge >= 0.3 is 11.9 Å². The van der Waals surface area contributed by atoms with Gasteiger partial charge in [0.2, 0.25) is 5.91 Å². The van der Waals surface area contributed by atoms with E-state index in [4.69, 9.17) is 9.84 Å². The summed E-state index contributed by atoms with van der Waals surface area (Å²) in [5.74, 6) is -1.86. The van der Waals surface area contributed by atoms with Gasteiger partial charge in [0, 0.05) is 6.42 Å². The number of methoxy groups -OCH3 is 1. The fourth-order valence-corrected chi connectivity index (χ4v) is 1.29. The SMILES string of the molecule is COC(=O)[C@@H](CCC(=O)OC(C)(C)C)NC(=O)CO. The van der Waals surface area contributed by atoms with Crippen LogP contribution in [0.2, 0.25) is 0 Å². The molecular formula is C12H21NO6. The Morgan fingerprint density at radius 3 is 2.26 bits per heavy atom. The molecule has 0 aliphatic carbocycles. The number of esters is 2. The number of aliphatic hydroxyl groups is 1. The lowest BCUT2D eigenvalue weighted by Gasteiger charge is -2.20. The fraction of sp³-hybridized carbons (Fsp3) is 0.750. The highest BCUT2D eigenvalue weighted by Gasteiger charge is 2.24. The highest BCUT2D eigenvalue weighted by molar-refractivity contribution is 5.85. The van der Waals surface area contributed by atoms with Crippen molar-refractivity contribution in [3.63, 3.8) is 0 Å². The van der Waals surface area contributed by atoms with E-state index in [-0.39, 0.29) is 12.8 Å². The minimum atomic E-state index is -0.975. The average Bonchev–Trinajstić information content (AvgIpc) is 2.30. The maximum atomic E-state index is 11.5. The maximum absolute atomic E-state index is 11.5. The molecular weight excluding hydrogens is 254 g/mol. The summed E-state index contributed by atoms with van der Waals surface area (Å²) in [7, 11) is 1.17. The van der Waals surface area contributed by atoms with Crippen molar-refractivity contribution in [2.45, 2.75) is 45.3 Å². The van der Waals surface area contributed by atoms with Crippen molar-refractivity contribution < 1.29 is 29.0 Å². The minimum absolute atomic E-state index is 0.0389. The molecule has 0 aliphatic rings. The van der Waals surface area contributed by atoms with Crippen molar-refractivity contribution in [1.82, 2.24) is 5.32 Å². The molecule has 7 nitrogen and oxygen atoms in total. The van der Waals surface area contributed by atoms with Gasteiger partial charge in [0.1, 0.15) is 18.2 Å². The van der Waals surface area contributed by atoms with Crippen molar-refractivity contribution in [3.05, 3.63) is 0 Å². The van der Waals surface area contributed by atoms with E-state index in [1.807, 2.05) is 0 Å². The molecule has 110 valence electrons. The van der Waals surface area contributed by atoms with Crippen molar-refractivity contribution in [1.29, 1.82) is 0 Å². The Morgan fingerprint density at radius 1 is 1.26 bits per heavy atom. The molecule has 19 heavy (non-hydrogen) atoms. The van der Waals surface area contributed by atoms with E-state index >= 15 is 0 Å². The van der Waals surface area contributed by atoms with Gasteiger partial charge in [0.05, 0.1) is 7.11 Å². The van der Waals surface area contributed by atoms with Gasteiger partial charge in [-0.2, -0.15) is 0 Å². The Balaban J connectivity index is 4.38. The molecule has 0 rings (SSSR count). The highest BCUT2D eigenvalue weighted by Crippen LogP contribution is 2.10. The molecule has 1 atom stereocenters. The lowest BCUT2D eigenvalue weighted by atomic mass is 10.1. The number of aliphatic hydroxyl groups excluding tert-OH is 1. The molecule has 1 amide bonds. The van der Waals surface area contributed by atoms with E-state index in [1.54, 1.807) is 20.8 Å². The van der Waals surface area contributed by atoms with Crippen LogP contribution in [-0.2, 0) is 23.9 Å². The average molecular weight is 275 g/mol. The molecule has 0 fully saturated rings. The van der Waals surface area contributed by atoms with E-state index < -0.39 is 36.1 Å². The second-order valence-corrected chi connectivity index (χ2v) is 4.93. The zero-order chi connectivity index (χ0) is 15.1. The molecule has 0 aromatic heterocycles. The highest BCUT2D eigenvalue weighted by atomic mass is 16.6. The van der Waals surface area contributed by atoms with Crippen LogP contribution in [-0.4, -0.2) is 48.3 Å². The first kappa shape index (κ1) is 17.4. The van der Waals surface area contributed by atoms with Crippen molar-refractivity contribution in [3.8, 4) is 0 Å². The second-order valence-electron chi connectivity index (χ2n) is 4.93. The molecule has 0 aromatic rings. The molecule has 0 saturated heterocycles. The second kappa shape index (κ2) is 7.73. The Bertz CT molecular complexity index is 334. The smallest absolute Gasteiger partial charge is 0.328 e. The van der Waals surface area contributed by atoms with Crippen LogP contribution in [0.4, 0.5) is 0 Å². The summed E-state index contributed by atoms with van der Waals surface area (Å²) in [5.41, 5.74) is -0.605. The number of carbonyl (C=O) groups is 3. The first-order valence-electron chi connectivity index (χ1n) is 5.89. The first-order valence-corrected chi connectivity index (χ1v) is 5.89. The molecule has 0 unspecified atom stereocenters. The molecule has 0 spiro atoms. The van der Waals surface area contributed by atoms with Crippen LogP contribution in [0.1, 0.15) is 33.6 Å². The normalized spacial score (nSPS) is 12.5. The van der Waals surface area contributed by atoms with Crippen molar-refractivity contribution in [2.75, 3.05) is 13.7 Å². The van der Waals surface area contributed by atoms with E-state index in [0.717, 1.165) is 0 Å². The third-order valence-corrected chi connectivity index (χ3v) is 2.02. The summed E-state index contributed by atoms with van der Waals surface area (Å²) in [6, 6.07) is -0.975. The number of carbonyl (C=O) groups excluding carboxylic acids is 3. The first-order chi connectivity index (χ1) is 8.69. The van der Waals surface area contributed by atoms with Gasteiger partial charge in [-0.1, -0.05) is 0 Å². The molecule has 7 heteroatoms. The van der Waals surface area contributed by atoms with E-state index in [2.05, 4.69) is 10.1 Å². The van der Waals surface area contributed by atoms with Crippen LogP contribution >= 0.6 is 0 Å². The van der Waals surface area contributed by atoms with Crippen LogP contribution in [0.15, 0.2) is 0 Å². The van der Waals surface area contributed by atoms with E-state index in [9.17, 15) is 14.4 Å². The molecule has 0 bridgehead atoms. The standard InChI is InChI=1S/C12H21NO6/c1-12(2,3)19-10(16)6-5-8(11(17)18-4)13-9(15)7-14/h8,14H,5-7H2,1-4H3,(H,13,15)/t8-/m1/s1. The Labute approximate surface area is 112 Å². The van der Waals surface area contributed by atoms with Crippen LogP contribution in [0, 0.1) is 0 Å². The number of hydrogen-bond acceptors (Lipinski definition) is 6. The van der Waals surface area contributed by atoms with Gasteiger partial charge in [0.15, 0.2) is 0 Å². The number of ether oxygens (including phenoxy) is 2. The number of hydrogen-bond donors (Lipinski definition) is 2. The van der Waals surface area contributed by atoms with Gasteiger partial charge in [-0.3, -0.25) is 9.59 Å². The van der Waals surface area contributed by atoms with Gasteiger partial charge in [-0.25, -0.2) is 4.79 Å². The van der Waals surface area contributed by atoms with Gasteiger partial charge in [-0.15, -0.1) is 0 Å². The molecule has 0 saturated carbocycles. The van der Waals surface area contributed by atoms with Crippen LogP contribution in [0.5, 0.6) is 0 Å². The minimum Gasteiger partial charge on any atom is -0.467 e. The zero-order valence-corrected chi connectivity index (χ0v) is 11.7. The lowest BCUT2D eigenvalue weighted by molar-refractivity contribution is -0.155. The zero-order valence-electron chi connectivity index (χ0n) is 11.7. The topological polar surface area (TPSA) is 102 Å². The summed E-state index contributed by atoms with van der Waals surface area (Å²) in [5, 5.41) is 10.9. The fourth-order valence-electron chi connectivity index (χ4n) is 1.29. The predicted octanol–water partition coefficient (Wildman–Crippen LogP) is -0.242. The summed E-state index contributed by atoms with van der Waals surface area (Å²) < 4.78 is 9.58. The Morgan fingerprint density at radius 2 is 1.84 bits per heavy atom. The van der Waals surface area contributed by atoms with Crippen molar-refractivity contribution in [2.24, 2.45) is 0 Å². The summed E-state index contributed by atoms with van der Waals surface area (Å²) in [6.07, 6.45) is 0.00999. The summed E-state index contributed by atoms with van der Waals surface area (Å²) in [4.78, 5) is 33.9. The Hall–Kier alpha value is -1.63. The van der Waals surface area contributed by atoms with Crippen LogP contribution in [0.25, 0.3) is 0 Å². The van der Waals surface area contributed by atoms with E-state index in [1.165, 1.54) is 7.11 Å². The molecule has 0 heterocycles. The molecule has 0 aromatic carbocycles. The summed E-state index contributed by atoms with van der Waals surface area (Å²) >= 11 is 0. The third-order valence-electron chi connectivity index (χ3n) is 2.02. The van der Waals surface area contributed by atoms with Gasteiger partial charge < -0.3 is 19.9 Å². The number of nitrogens with one attached hydrogen (secondary N) is 1. The van der Waals surface area contributed by atoms with Crippen molar-refractivity contribution >= 4 is 17.8 Å². The van der Waals surface area contributed by atoms with E-state index in [0.29, 0.717) is 0 Å². The largest absolute Gasteiger partial charge is 0.467 e. The van der Waals surface area contributed by atoms with Gasteiger partial charge in [-0.05, 0) is 27.2 Å². The monoisotopic (exact) mass is 275 g/mol. The number of rotatable bonds is 6. The molecule has 0 radical (unpaired) electrons. The third kappa shape index (κ3) is 8.15. The lowest BCUT2D eigenvalue weighted by Crippen LogP contribution is -2.43. The maximum Gasteiger partial charge on any atom is 0.328 e. The summed E-state index contributed by atoms with van der Waals surface area (Å²) in [6.45, 7) is 4.46. The molecule has 0 aliphatic heterocycles. The number of amides is 1. The van der Waals surface area contributed by atoms with Gasteiger partial charge in [0.25, 0.3) is 0 Å². The quantitative estimate of drug-likeness (QED) is 0.649. The van der Waals surface area contributed by atoms with Crippen LogP contribution in [0.3, 0.4) is 0 Å². The van der Waals surface area contributed by atoms with Crippen LogP contribution < -0.4 is 5.32 Å². The predicted molar refractivity (Wildman–Crippen MR) is 66.1 cm³/mol.